The van der Waals surface area contributed by atoms with Crippen LogP contribution in [-0.4, -0.2) is 26.8 Å². The summed E-state index contributed by atoms with van der Waals surface area (Å²) in [7, 11) is 4.01. The number of halogens is 1. The van der Waals surface area contributed by atoms with Crippen molar-refractivity contribution in [2.24, 2.45) is 0 Å². The minimum atomic E-state index is -0.471. The van der Waals surface area contributed by atoms with Crippen LogP contribution in [0.25, 0.3) is 17.2 Å². The number of benzene rings is 3. The first-order chi connectivity index (χ1) is 14.5. The van der Waals surface area contributed by atoms with E-state index in [-0.39, 0.29) is 0 Å². The number of hydrogen-bond donors (Lipinski definition) is 0. The molecule has 30 heavy (non-hydrogen) atoms. The van der Waals surface area contributed by atoms with Gasteiger partial charge in [0.2, 0.25) is 6.41 Å². The minimum Gasteiger partial charge on any atom is -0.378 e. The van der Waals surface area contributed by atoms with Gasteiger partial charge in [-0.05, 0) is 58.7 Å². The number of carbonyl (C=O) groups is 2. The third-order valence-electron chi connectivity index (χ3n) is 4.75. The molecule has 0 aliphatic carbocycles. The predicted octanol–water partition coefficient (Wildman–Crippen LogP) is 4.93. The Morgan fingerprint density at radius 2 is 1.47 bits per heavy atom. The van der Waals surface area contributed by atoms with Crippen molar-refractivity contribution < 1.29 is 14.0 Å². The molecule has 0 saturated carbocycles. The molecule has 0 aromatic heterocycles. The Kier molecular flexibility index (Phi) is 6.75. The summed E-state index contributed by atoms with van der Waals surface area (Å²) >= 11 is 0. The Hall–Kier alpha value is -3.73. The Balaban J connectivity index is 1.78. The summed E-state index contributed by atoms with van der Waals surface area (Å²) in [4.78, 5) is 25.6. The summed E-state index contributed by atoms with van der Waals surface area (Å²) in [6.45, 7) is 0.309. The number of aldehydes is 1. The van der Waals surface area contributed by atoms with Crippen molar-refractivity contribution in [1.29, 1.82) is 0 Å². The topological polar surface area (TPSA) is 40.6 Å². The molecule has 3 aromatic rings. The third kappa shape index (κ3) is 5.20. The highest BCUT2D eigenvalue weighted by molar-refractivity contribution is 5.79. The Morgan fingerprint density at radius 3 is 2.03 bits per heavy atom. The van der Waals surface area contributed by atoms with Crippen LogP contribution in [0.4, 0.5) is 15.8 Å². The molecule has 0 aliphatic heterocycles. The molecule has 0 radical (unpaired) electrons. The lowest BCUT2D eigenvalue weighted by Gasteiger charge is -2.18. The Labute approximate surface area is 175 Å². The van der Waals surface area contributed by atoms with Crippen molar-refractivity contribution >= 4 is 30.1 Å². The van der Waals surface area contributed by atoms with E-state index in [0.29, 0.717) is 30.5 Å². The van der Waals surface area contributed by atoms with Crippen LogP contribution in [0.1, 0.15) is 11.1 Å². The highest BCUT2D eigenvalue weighted by atomic mass is 19.1. The van der Waals surface area contributed by atoms with Gasteiger partial charge in [0.05, 0.1) is 6.54 Å². The van der Waals surface area contributed by atoms with E-state index >= 15 is 0 Å². The molecule has 0 heterocycles. The van der Waals surface area contributed by atoms with Gasteiger partial charge in [-0.1, -0.05) is 42.5 Å². The van der Waals surface area contributed by atoms with Gasteiger partial charge in [-0.15, -0.1) is 0 Å². The molecule has 0 N–H and O–H groups in total. The number of allylic oxidation sites excluding steroid dienone is 1. The molecular weight excluding hydrogens is 379 g/mol. The summed E-state index contributed by atoms with van der Waals surface area (Å²) in [6.07, 6.45) is 4.08. The quantitative estimate of drug-likeness (QED) is 0.396. The highest BCUT2D eigenvalue weighted by Crippen LogP contribution is 2.24. The standard InChI is InChI=1S/C25H23FN2O2/c1-27(2)24-11-9-22(10-12-24)21-7-5-19(6-8-21)17-28(18-30)25-15-20(4-3-13-29)14-23(26)16-25/h3-16,18H,17H2,1-2H3/b4-3+. The fourth-order valence-electron chi connectivity index (χ4n) is 3.15. The van der Waals surface area contributed by atoms with E-state index in [9.17, 15) is 14.0 Å². The van der Waals surface area contributed by atoms with Gasteiger partial charge in [-0.3, -0.25) is 9.59 Å². The molecule has 4 nitrogen and oxygen atoms in total. The zero-order valence-electron chi connectivity index (χ0n) is 17.0. The first-order valence-electron chi connectivity index (χ1n) is 9.51. The van der Waals surface area contributed by atoms with E-state index in [4.69, 9.17) is 0 Å². The van der Waals surface area contributed by atoms with E-state index in [1.807, 2.05) is 43.3 Å². The van der Waals surface area contributed by atoms with Crippen molar-refractivity contribution in [2.45, 2.75) is 6.54 Å². The van der Waals surface area contributed by atoms with Crippen molar-refractivity contribution in [3.63, 3.8) is 0 Å². The van der Waals surface area contributed by atoms with Crippen LogP contribution >= 0.6 is 0 Å². The van der Waals surface area contributed by atoms with Crippen molar-refractivity contribution in [3.05, 3.63) is 89.8 Å². The lowest BCUT2D eigenvalue weighted by molar-refractivity contribution is -0.107. The van der Waals surface area contributed by atoms with Crippen LogP contribution in [-0.2, 0) is 16.1 Å². The van der Waals surface area contributed by atoms with Crippen LogP contribution in [0.3, 0.4) is 0 Å². The van der Waals surface area contributed by atoms with Crippen molar-refractivity contribution in [2.75, 3.05) is 23.9 Å². The van der Waals surface area contributed by atoms with Gasteiger partial charge in [0.1, 0.15) is 12.1 Å². The van der Waals surface area contributed by atoms with E-state index in [2.05, 4.69) is 24.3 Å². The maximum atomic E-state index is 13.9. The second-order valence-corrected chi connectivity index (χ2v) is 7.11. The number of rotatable bonds is 8. The molecule has 3 aromatic carbocycles. The molecular formula is C25H23FN2O2. The van der Waals surface area contributed by atoms with Crippen LogP contribution in [0.2, 0.25) is 0 Å². The molecule has 0 fully saturated rings. The summed E-state index contributed by atoms with van der Waals surface area (Å²) < 4.78 is 13.9. The minimum absolute atomic E-state index is 0.309. The van der Waals surface area contributed by atoms with Gasteiger partial charge in [0, 0.05) is 25.5 Å². The lowest BCUT2D eigenvalue weighted by atomic mass is 10.0. The highest BCUT2D eigenvalue weighted by Gasteiger charge is 2.09. The summed E-state index contributed by atoms with van der Waals surface area (Å²) in [5.41, 5.74) is 5.18. The molecule has 0 aliphatic rings. The first-order valence-corrected chi connectivity index (χ1v) is 9.51. The van der Waals surface area contributed by atoms with Gasteiger partial charge in [-0.25, -0.2) is 4.39 Å². The summed E-state index contributed by atoms with van der Waals surface area (Å²) in [6, 6.07) is 20.5. The average molecular weight is 402 g/mol. The normalized spacial score (nSPS) is 10.8. The van der Waals surface area contributed by atoms with E-state index in [0.717, 1.165) is 22.4 Å². The van der Waals surface area contributed by atoms with Crippen LogP contribution in [0, 0.1) is 5.82 Å². The molecule has 152 valence electrons. The average Bonchev–Trinajstić information content (AvgIpc) is 2.76. The zero-order valence-corrected chi connectivity index (χ0v) is 17.0. The van der Waals surface area contributed by atoms with Gasteiger partial charge >= 0.3 is 0 Å². The van der Waals surface area contributed by atoms with Crippen LogP contribution in [0.5, 0.6) is 0 Å². The molecule has 0 bridgehead atoms. The van der Waals surface area contributed by atoms with Gasteiger partial charge < -0.3 is 9.80 Å². The first kappa shape index (κ1) is 21.0. The molecule has 1 amide bonds. The van der Waals surface area contributed by atoms with E-state index < -0.39 is 5.82 Å². The van der Waals surface area contributed by atoms with Gasteiger partial charge in [0.15, 0.2) is 0 Å². The molecule has 5 heteroatoms. The lowest BCUT2D eigenvalue weighted by Crippen LogP contribution is -2.20. The van der Waals surface area contributed by atoms with E-state index in [1.165, 1.54) is 29.2 Å². The second kappa shape index (κ2) is 9.65. The maximum Gasteiger partial charge on any atom is 0.214 e. The maximum absolute atomic E-state index is 13.9. The van der Waals surface area contributed by atoms with Crippen molar-refractivity contribution in [1.82, 2.24) is 0 Å². The Morgan fingerprint density at radius 1 is 0.833 bits per heavy atom. The van der Waals surface area contributed by atoms with E-state index in [1.54, 1.807) is 6.07 Å². The fourth-order valence-corrected chi connectivity index (χ4v) is 3.15. The largest absolute Gasteiger partial charge is 0.378 e. The monoisotopic (exact) mass is 402 g/mol. The van der Waals surface area contributed by atoms with Crippen molar-refractivity contribution in [3.8, 4) is 11.1 Å². The summed E-state index contributed by atoms with van der Waals surface area (Å²) in [5, 5.41) is 0. The number of carbonyl (C=O) groups excluding carboxylic acids is 2. The smallest absolute Gasteiger partial charge is 0.214 e. The number of anilines is 2. The molecule has 0 spiro atoms. The number of amides is 1. The fraction of sp³-hybridized carbons (Fsp3) is 0.120. The summed E-state index contributed by atoms with van der Waals surface area (Å²) in [5.74, 6) is -0.471. The molecule has 0 unspecified atom stereocenters. The van der Waals surface area contributed by atoms with Gasteiger partial charge in [-0.2, -0.15) is 0 Å². The predicted molar refractivity (Wildman–Crippen MR) is 120 cm³/mol. The molecule has 0 saturated heterocycles. The zero-order chi connectivity index (χ0) is 21.5. The molecule has 0 atom stereocenters. The van der Waals surface area contributed by atoms with Gasteiger partial charge in [0.25, 0.3) is 0 Å². The molecule has 3 rings (SSSR count). The van der Waals surface area contributed by atoms with Crippen LogP contribution < -0.4 is 9.80 Å². The number of hydrogen-bond acceptors (Lipinski definition) is 3. The SMILES string of the molecule is CN(C)c1ccc(-c2ccc(CN(C=O)c3cc(F)cc(/C=C/C=O)c3)cc2)cc1. The number of nitrogens with zero attached hydrogens (tertiary/aromatic N) is 2. The third-order valence-corrected chi connectivity index (χ3v) is 4.75. The Bertz CT molecular complexity index is 1040. The van der Waals surface area contributed by atoms with Crippen LogP contribution in [0.15, 0.2) is 72.8 Å². The second-order valence-electron chi connectivity index (χ2n) is 7.11.